The number of likely N-dealkylation sites (tertiary alicyclic amines) is 1. The Kier molecular flexibility index (Phi) is 4.40. The van der Waals surface area contributed by atoms with Gasteiger partial charge in [0.15, 0.2) is 0 Å². The van der Waals surface area contributed by atoms with Crippen molar-refractivity contribution in [2.45, 2.75) is 30.5 Å². The predicted octanol–water partition coefficient (Wildman–Crippen LogP) is 2.93. The number of hydrogen-bond acceptors (Lipinski definition) is 5. The molecule has 1 saturated heterocycles. The van der Waals surface area contributed by atoms with Gasteiger partial charge in [0, 0.05) is 20.1 Å². The molecule has 0 N–H and O–H groups in total. The second kappa shape index (κ2) is 6.16. The molecule has 120 valence electrons. The molecule has 0 saturated carbocycles. The molecule has 2 aromatic rings. The lowest BCUT2D eigenvalue weighted by Gasteiger charge is -2.22. The van der Waals surface area contributed by atoms with Crippen LogP contribution in [0.5, 0.6) is 0 Å². The van der Waals surface area contributed by atoms with Crippen LogP contribution in [-0.4, -0.2) is 38.3 Å². The van der Waals surface area contributed by atoms with E-state index in [0.29, 0.717) is 18.3 Å². The minimum atomic E-state index is -3.50. The van der Waals surface area contributed by atoms with Gasteiger partial charge in [-0.2, -0.15) is 11.3 Å². The van der Waals surface area contributed by atoms with Crippen molar-refractivity contribution in [2.24, 2.45) is 0 Å². The van der Waals surface area contributed by atoms with Crippen LogP contribution >= 0.6 is 11.3 Å². The number of nitrogens with zero attached hydrogens (tertiary/aromatic N) is 2. The molecule has 1 aliphatic heterocycles. The highest BCUT2D eigenvalue weighted by Crippen LogP contribution is 2.34. The Morgan fingerprint density at radius 1 is 1.36 bits per heavy atom. The molecule has 5 nitrogen and oxygen atoms in total. The molecule has 0 aliphatic carbocycles. The molecule has 0 aromatic carbocycles. The maximum Gasteiger partial charge on any atom is 0.275 e. The van der Waals surface area contributed by atoms with Crippen molar-refractivity contribution in [2.75, 3.05) is 20.6 Å². The molecule has 0 spiro atoms. The largest absolute Gasteiger partial charge is 0.447 e. The van der Waals surface area contributed by atoms with E-state index in [1.165, 1.54) is 24.0 Å². The third-order valence-corrected chi connectivity index (χ3v) is 6.41. The fraction of sp³-hybridized carbons (Fsp3) is 0.467. The van der Waals surface area contributed by atoms with Crippen LogP contribution in [0.3, 0.4) is 0 Å². The maximum absolute atomic E-state index is 12.1. The molecule has 7 heteroatoms. The summed E-state index contributed by atoms with van der Waals surface area (Å²) in [4.78, 5) is 2.35. The van der Waals surface area contributed by atoms with E-state index in [0.717, 1.165) is 19.4 Å². The molecule has 2 aromatic heterocycles. The summed E-state index contributed by atoms with van der Waals surface area (Å²) in [6.45, 7) is 1.65. The topological polar surface area (TPSA) is 53.8 Å². The van der Waals surface area contributed by atoms with Crippen LogP contribution in [-0.2, 0) is 16.6 Å². The summed E-state index contributed by atoms with van der Waals surface area (Å²) >= 11 is 1.71. The van der Waals surface area contributed by atoms with Crippen LogP contribution in [0.2, 0.25) is 0 Å². The summed E-state index contributed by atoms with van der Waals surface area (Å²) < 4.78 is 30.8. The highest BCUT2D eigenvalue weighted by molar-refractivity contribution is 7.88. The number of furan rings is 1. The first-order valence-corrected chi connectivity index (χ1v) is 9.64. The quantitative estimate of drug-likeness (QED) is 0.840. The van der Waals surface area contributed by atoms with Gasteiger partial charge < -0.3 is 4.42 Å². The Hall–Kier alpha value is -1.15. The van der Waals surface area contributed by atoms with Crippen LogP contribution in [0.15, 0.2) is 38.5 Å². The van der Waals surface area contributed by atoms with E-state index >= 15 is 0 Å². The van der Waals surface area contributed by atoms with Crippen molar-refractivity contribution in [1.29, 1.82) is 0 Å². The van der Waals surface area contributed by atoms with Crippen LogP contribution in [0.1, 0.15) is 30.2 Å². The molecular formula is C15H20N2O3S2. The number of thiophene rings is 1. The molecule has 1 fully saturated rings. The van der Waals surface area contributed by atoms with Gasteiger partial charge in [-0.05, 0) is 53.9 Å². The molecule has 1 atom stereocenters. The predicted molar refractivity (Wildman–Crippen MR) is 86.3 cm³/mol. The van der Waals surface area contributed by atoms with Crippen molar-refractivity contribution >= 4 is 21.4 Å². The van der Waals surface area contributed by atoms with Crippen molar-refractivity contribution in [3.05, 3.63) is 40.3 Å². The Morgan fingerprint density at radius 2 is 2.18 bits per heavy atom. The molecular weight excluding hydrogens is 320 g/mol. The standard InChI is InChI=1S/C15H20N2O3S2/c1-16(2)22(18,19)15-6-5-13(20-15)10-17-8-3-4-14(17)12-7-9-21-11-12/h5-7,9,11,14H,3-4,8,10H2,1-2H3/t14-/m1/s1. The van der Waals surface area contributed by atoms with E-state index in [1.807, 2.05) is 0 Å². The zero-order valence-corrected chi connectivity index (χ0v) is 14.4. The fourth-order valence-corrected chi connectivity index (χ4v) is 4.34. The van der Waals surface area contributed by atoms with Gasteiger partial charge in [0.25, 0.3) is 10.0 Å². The van der Waals surface area contributed by atoms with Gasteiger partial charge in [0.05, 0.1) is 6.54 Å². The van der Waals surface area contributed by atoms with E-state index in [4.69, 9.17) is 4.42 Å². The summed E-state index contributed by atoms with van der Waals surface area (Å²) in [5, 5.41) is 4.30. The van der Waals surface area contributed by atoms with Crippen LogP contribution < -0.4 is 0 Å². The van der Waals surface area contributed by atoms with E-state index in [9.17, 15) is 8.42 Å². The highest BCUT2D eigenvalue weighted by Gasteiger charge is 2.28. The molecule has 0 amide bonds. The first kappa shape index (κ1) is 15.7. The van der Waals surface area contributed by atoms with Crippen LogP contribution in [0.25, 0.3) is 0 Å². The number of rotatable bonds is 5. The van der Waals surface area contributed by atoms with E-state index < -0.39 is 10.0 Å². The lowest BCUT2D eigenvalue weighted by molar-refractivity contribution is 0.221. The second-order valence-corrected chi connectivity index (χ2v) is 8.56. The molecule has 3 heterocycles. The second-order valence-electron chi connectivity index (χ2n) is 5.69. The fourth-order valence-electron chi connectivity index (χ4n) is 2.82. The molecule has 0 bridgehead atoms. The lowest BCUT2D eigenvalue weighted by Crippen LogP contribution is -2.22. The van der Waals surface area contributed by atoms with E-state index in [2.05, 4.69) is 21.7 Å². The summed E-state index contributed by atoms with van der Waals surface area (Å²) in [6.07, 6.45) is 2.30. The van der Waals surface area contributed by atoms with Gasteiger partial charge in [-0.25, -0.2) is 12.7 Å². The minimum absolute atomic E-state index is 0.0128. The molecule has 1 aliphatic rings. The Balaban J connectivity index is 1.75. The van der Waals surface area contributed by atoms with E-state index in [-0.39, 0.29) is 5.09 Å². The summed E-state index contributed by atoms with van der Waals surface area (Å²) in [7, 11) is -0.487. The minimum Gasteiger partial charge on any atom is -0.447 e. The van der Waals surface area contributed by atoms with Gasteiger partial charge >= 0.3 is 0 Å². The van der Waals surface area contributed by atoms with Crippen molar-refractivity contribution < 1.29 is 12.8 Å². The van der Waals surface area contributed by atoms with Gasteiger partial charge in [0.2, 0.25) is 5.09 Å². The third kappa shape index (κ3) is 2.99. The highest BCUT2D eigenvalue weighted by atomic mass is 32.2. The Labute approximate surface area is 135 Å². The van der Waals surface area contributed by atoms with Crippen molar-refractivity contribution in [3.63, 3.8) is 0 Å². The van der Waals surface area contributed by atoms with Gasteiger partial charge in [-0.15, -0.1) is 0 Å². The molecule has 0 radical (unpaired) electrons. The van der Waals surface area contributed by atoms with E-state index in [1.54, 1.807) is 23.5 Å². The van der Waals surface area contributed by atoms with Gasteiger partial charge in [0.1, 0.15) is 5.76 Å². The average molecular weight is 340 g/mol. The Morgan fingerprint density at radius 3 is 2.86 bits per heavy atom. The normalized spacial score (nSPS) is 20.0. The van der Waals surface area contributed by atoms with Crippen LogP contribution in [0, 0.1) is 0 Å². The monoisotopic (exact) mass is 340 g/mol. The van der Waals surface area contributed by atoms with Crippen molar-refractivity contribution in [1.82, 2.24) is 9.21 Å². The Bertz CT molecular complexity index is 720. The number of sulfonamides is 1. The van der Waals surface area contributed by atoms with Gasteiger partial charge in [-0.3, -0.25) is 4.90 Å². The smallest absolute Gasteiger partial charge is 0.275 e. The zero-order valence-electron chi connectivity index (χ0n) is 12.7. The molecule has 0 unspecified atom stereocenters. The molecule has 3 rings (SSSR count). The summed E-state index contributed by atoms with van der Waals surface area (Å²) in [5.74, 6) is 0.697. The zero-order chi connectivity index (χ0) is 15.7. The van der Waals surface area contributed by atoms with Crippen LogP contribution in [0.4, 0.5) is 0 Å². The van der Waals surface area contributed by atoms with Crippen molar-refractivity contribution in [3.8, 4) is 0 Å². The lowest BCUT2D eigenvalue weighted by atomic mass is 10.1. The van der Waals surface area contributed by atoms with Gasteiger partial charge in [-0.1, -0.05) is 0 Å². The summed E-state index contributed by atoms with van der Waals surface area (Å²) in [6, 6.07) is 5.88. The first-order valence-electron chi connectivity index (χ1n) is 7.26. The average Bonchev–Trinajstić information content (AvgIpc) is 3.19. The first-order chi connectivity index (χ1) is 10.5. The number of hydrogen-bond donors (Lipinski definition) is 0. The maximum atomic E-state index is 12.1. The summed E-state index contributed by atoms with van der Waals surface area (Å²) in [5.41, 5.74) is 1.34. The SMILES string of the molecule is CN(C)S(=O)(=O)c1ccc(CN2CCC[C@@H]2c2ccsc2)o1. The third-order valence-electron chi connectivity index (χ3n) is 4.02. The molecule has 22 heavy (non-hydrogen) atoms.